The highest BCUT2D eigenvalue weighted by atomic mass is 19.1. The molecular formula is C15H14BFO2. The molecule has 2 aromatic rings. The van der Waals surface area contributed by atoms with Crippen LogP contribution in [0.3, 0.4) is 0 Å². The van der Waals surface area contributed by atoms with E-state index in [9.17, 15) is 4.39 Å². The van der Waals surface area contributed by atoms with Crippen LogP contribution in [0.4, 0.5) is 4.39 Å². The van der Waals surface area contributed by atoms with Crippen LogP contribution in [0.5, 0.6) is 11.5 Å². The zero-order valence-electron chi connectivity index (χ0n) is 10.9. The summed E-state index contributed by atoms with van der Waals surface area (Å²) in [7, 11) is 0. The Balaban J connectivity index is 1.88. The van der Waals surface area contributed by atoms with E-state index in [0.717, 1.165) is 11.1 Å². The van der Waals surface area contributed by atoms with Crippen LogP contribution in [0.25, 0.3) is 0 Å². The van der Waals surface area contributed by atoms with Crippen molar-refractivity contribution in [2.75, 3.05) is 0 Å². The quantitative estimate of drug-likeness (QED) is 0.767. The topological polar surface area (TPSA) is 18.5 Å². The number of aryl methyl sites for hydroxylation is 1. The van der Waals surface area contributed by atoms with Gasteiger partial charge >= 0.3 is 6.92 Å². The number of hydrogen-bond acceptors (Lipinski definition) is 2. The van der Waals surface area contributed by atoms with Crippen molar-refractivity contribution in [3.63, 3.8) is 0 Å². The number of rotatable bonds is 2. The molecule has 0 unspecified atom stereocenters. The number of fused-ring (bicyclic) bond motifs is 1. The average Bonchev–Trinajstić information content (AvgIpc) is 2.74. The van der Waals surface area contributed by atoms with Crippen molar-refractivity contribution < 1.29 is 13.8 Å². The molecule has 19 heavy (non-hydrogen) atoms. The lowest BCUT2D eigenvalue weighted by molar-refractivity contribution is 0.333. The summed E-state index contributed by atoms with van der Waals surface area (Å²) in [4.78, 5) is 0. The Morgan fingerprint density at radius 2 is 2.05 bits per heavy atom. The van der Waals surface area contributed by atoms with Gasteiger partial charge in [-0.25, -0.2) is 4.39 Å². The lowest BCUT2D eigenvalue weighted by atomic mass is 9.64. The van der Waals surface area contributed by atoms with Crippen LogP contribution in [-0.4, -0.2) is 6.92 Å². The Bertz CT molecular complexity index is 628. The molecule has 0 radical (unpaired) electrons. The molecule has 0 amide bonds. The van der Waals surface area contributed by atoms with Gasteiger partial charge in [0.2, 0.25) is 0 Å². The van der Waals surface area contributed by atoms with Crippen molar-refractivity contribution >= 4 is 12.4 Å². The third kappa shape index (κ3) is 2.36. The number of halogens is 1. The predicted octanol–water partition coefficient (Wildman–Crippen LogP) is 3.28. The van der Waals surface area contributed by atoms with Gasteiger partial charge in [0.1, 0.15) is 5.75 Å². The van der Waals surface area contributed by atoms with E-state index in [1.165, 1.54) is 11.5 Å². The van der Waals surface area contributed by atoms with Crippen LogP contribution >= 0.6 is 0 Å². The maximum atomic E-state index is 13.7. The minimum absolute atomic E-state index is 0.125. The van der Waals surface area contributed by atoms with Crippen molar-refractivity contribution in [2.45, 2.75) is 20.4 Å². The van der Waals surface area contributed by atoms with Crippen LogP contribution in [-0.2, 0) is 11.3 Å². The van der Waals surface area contributed by atoms with Crippen molar-refractivity contribution in [3.8, 4) is 11.5 Å². The van der Waals surface area contributed by atoms with E-state index in [4.69, 9.17) is 9.39 Å². The highest BCUT2D eigenvalue weighted by molar-refractivity contribution is 6.67. The first-order valence-electron chi connectivity index (χ1n) is 6.32. The van der Waals surface area contributed by atoms with Crippen LogP contribution in [0.2, 0.25) is 6.82 Å². The Morgan fingerprint density at radius 3 is 2.84 bits per heavy atom. The predicted molar refractivity (Wildman–Crippen MR) is 73.7 cm³/mol. The second-order valence-electron chi connectivity index (χ2n) is 4.85. The molecule has 1 aliphatic rings. The zero-order chi connectivity index (χ0) is 13.4. The monoisotopic (exact) mass is 256 g/mol. The van der Waals surface area contributed by atoms with Gasteiger partial charge in [-0.05, 0) is 47.8 Å². The van der Waals surface area contributed by atoms with E-state index in [2.05, 4.69) is 0 Å². The third-order valence-corrected chi connectivity index (χ3v) is 3.36. The molecule has 2 nitrogen and oxygen atoms in total. The van der Waals surface area contributed by atoms with E-state index in [-0.39, 0.29) is 18.5 Å². The Labute approximate surface area is 112 Å². The van der Waals surface area contributed by atoms with Crippen LogP contribution in [0.1, 0.15) is 11.1 Å². The van der Waals surface area contributed by atoms with Crippen LogP contribution in [0.15, 0.2) is 36.4 Å². The Morgan fingerprint density at radius 1 is 1.21 bits per heavy atom. The summed E-state index contributed by atoms with van der Waals surface area (Å²) in [6.45, 7) is 4.58. The SMILES string of the molecule is CB1OCc2cc(Oc3ccc(C)cc3F)ccc21. The fourth-order valence-electron chi connectivity index (χ4n) is 2.29. The maximum Gasteiger partial charge on any atom is 0.324 e. The minimum atomic E-state index is -0.342. The molecule has 0 saturated carbocycles. The van der Waals surface area contributed by atoms with Gasteiger partial charge in [-0.1, -0.05) is 19.0 Å². The zero-order valence-corrected chi connectivity index (χ0v) is 10.9. The molecule has 1 heterocycles. The van der Waals surface area contributed by atoms with Gasteiger partial charge in [0, 0.05) is 0 Å². The normalized spacial score (nSPS) is 13.5. The van der Waals surface area contributed by atoms with Crippen molar-refractivity contribution in [2.24, 2.45) is 0 Å². The van der Waals surface area contributed by atoms with Gasteiger partial charge in [0.05, 0.1) is 6.61 Å². The Hall–Kier alpha value is -1.81. The van der Waals surface area contributed by atoms with Crippen molar-refractivity contribution in [1.82, 2.24) is 0 Å². The molecule has 0 spiro atoms. The fraction of sp³-hybridized carbons (Fsp3) is 0.200. The van der Waals surface area contributed by atoms with E-state index < -0.39 is 0 Å². The summed E-state index contributed by atoms with van der Waals surface area (Å²) in [6, 6.07) is 10.7. The summed E-state index contributed by atoms with van der Waals surface area (Å²) in [6.07, 6.45) is 0. The third-order valence-electron chi connectivity index (χ3n) is 3.36. The van der Waals surface area contributed by atoms with Gasteiger partial charge in [0.15, 0.2) is 11.6 Å². The summed E-state index contributed by atoms with van der Waals surface area (Å²) >= 11 is 0. The van der Waals surface area contributed by atoms with Gasteiger partial charge in [-0.15, -0.1) is 0 Å². The van der Waals surface area contributed by atoms with Crippen LogP contribution < -0.4 is 10.2 Å². The summed E-state index contributed by atoms with van der Waals surface area (Å²) in [5, 5.41) is 0. The lowest BCUT2D eigenvalue weighted by Gasteiger charge is -2.09. The van der Waals surface area contributed by atoms with Gasteiger partial charge in [-0.3, -0.25) is 0 Å². The number of benzene rings is 2. The second kappa shape index (κ2) is 4.70. The van der Waals surface area contributed by atoms with E-state index in [0.29, 0.717) is 12.4 Å². The van der Waals surface area contributed by atoms with E-state index in [1.54, 1.807) is 6.07 Å². The average molecular weight is 256 g/mol. The molecule has 4 heteroatoms. The van der Waals surface area contributed by atoms with E-state index >= 15 is 0 Å². The van der Waals surface area contributed by atoms with E-state index in [1.807, 2.05) is 38.0 Å². The first-order valence-corrected chi connectivity index (χ1v) is 6.32. The second-order valence-corrected chi connectivity index (χ2v) is 4.85. The molecule has 3 rings (SSSR count). The molecule has 0 fully saturated rings. The summed E-state index contributed by atoms with van der Waals surface area (Å²) in [5.74, 6) is 0.543. The van der Waals surface area contributed by atoms with Gasteiger partial charge in [0.25, 0.3) is 0 Å². The molecule has 0 aliphatic carbocycles. The maximum absolute atomic E-state index is 13.7. The standard InChI is InChI=1S/C15H14BFO2/c1-10-3-6-15(14(17)7-10)19-12-4-5-13-11(8-12)9-18-16(13)2/h3-8H,9H2,1-2H3. The number of ether oxygens (including phenoxy) is 1. The van der Waals surface area contributed by atoms with Crippen molar-refractivity contribution in [3.05, 3.63) is 53.3 Å². The molecule has 0 atom stereocenters. The highest BCUT2D eigenvalue weighted by Gasteiger charge is 2.23. The molecule has 96 valence electrons. The molecule has 0 aromatic heterocycles. The van der Waals surface area contributed by atoms with Gasteiger partial charge < -0.3 is 9.39 Å². The number of hydrogen-bond donors (Lipinski definition) is 0. The fourth-order valence-corrected chi connectivity index (χ4v) is 2.29. The first kappa shape index (κ1) is 12.2. The van der Waals surface area contributed by atoms with Crippen molar-refractivity contribution in [1.29, 1.82) is 0 Å². The Kier molecular flexibility index (Phi) is 3.03. The smallest absolute Gasteiger partial charge is 0.324 e. The first-order chi connectivity index (χ1) is 9.13. The summed E-state index contributed by atoms with van der Waals surface area (Å²) < 4.78 is 24.9. The molecular weight excluding hydrogens is 242 g/mol. The molecule has 2 aromatic carbocycles. The summed E-state index contributed by atoms with van der Waals surface area (Å²) in [5.41, 5.74) is 3.16. The molecule has 0 bridgehead atoms. The largest absolute Gasteiger partial charge is 0.454 e. The molecule has 0 saturated heterocycles. The highest BCUT2D eigenvalue weighted by Crippen LogP contribution is 2.26. The van der Waals surface area contributed by atoms with Crippen LogP contribution in [0, 0.1) is 12.7 Å². The molecule has 0 N–H and O–H groups in total. The van der Waals surface area contributed by atoms with Gasteiger partial charge in [-0.2, -0.15) is 0 Å². The minimum Gasteiger partial charge on any atom is -0.454 e. The lowest BCUT2D eigenvalue weighted by Crippen LogP contribution is -2.23. The molecule has 1 aliphatic heterocycles.